The highest BCUT2D eigenvalue weighted by Crippen LogP contribution is 2.23. The molecule has 5 heteroatoms. The fourth-order valence-corrected chi connectivity index (χ4v) is 3.80. The average molecular weight is 355 g/mol. The van der Waals surface area contributed by atoms with Gasteiger partial charge in [0.2, 0.25) is 0 Å². The van der Waals surface area contributed by atoms with Crippen LogP contribution < -0.4 is 5.56 Å². The van der Waals surface area contributed by atoms with E-state index in [-0.39, 0.29) is 5.56 Å². The third-order valence-electron chi connectivity index (χ3n) is 3.40. The minimum Gasteiger partial charge on any atom is -0.301 e. The van der Waals surface area contributed by atoms with Gasteiger partial charge in [0.1, 0.15) is 0 Å². The monoisotopic (exact) mass is 354 g/mol. The molecule has 0 atom stereocenters. The third kappa shape index (κ3) is 5.01. The van der Waals surface area contributed by atoms with Gasteiger partial charge in [-0.3, -0.25) is 4.79 Å². The molecular formula is C19H18N2OS2. The maximum Gasteiger partial charge on any atom is 0.251 e. The van der Waals surface area contributed by atoms with Crippen molar-refractivity contribution in [1.29, 1.82) is 0 Å². The highest BCUT2D eigenvalue weighted by atomic mass is 32.2. The summed E-state index contributed by atoms with van der Waals surface area (Å²) < 4.78 is 0. The van der Waals surface area contributed by atoms with Gasteiger partial charge in [-0.25, -0.2) is 4.98 Å². The molecule has 1 aromatic heterocycles. The van der Waals surface area contributed by atoms with Crippen LogP contribution in [0.5, 0.6) is 0 Å². The number of rotatable bonds is 6. The van der Waals surface area contributed by atoms with Gasteiger partial charge in [-0.2, -0.15) is 0 Å². The van der Waals surface area contributed by atoms with Gasteiger partial charge < -0.3 is 4.98 Å². The molecule has 122 valence electrons. The molecule has 24 heavy (non-hydrogen) atoms. The van der Waals surface area contributed by atoms with Gasteiger partial charge in [-0.1, -0.05) is 59.8 Å². The molecule has 0 aliphatic heterocycles. The summed E-state index contributed by atoms with van der Waals surface area (Å²) in [5.41, 5.74) is 3.17. The van der Waals surface area contributed by atoms with E-state index in [9.17, 15) is 4.79 Å². The number of benzene rings is 2. The summed E-state index contributed by atoms with van der Waals surface area (Å²) in [5, 5.41) is 0.673. The molecule has 3 nitrogen and oxygen atoms in total. The van der Waals surface area contributed by atoms with Crippen LogP contribution in [0.25, 0.3) is 0 Å². The number of aryl methyl sites for hydroxylation is 1. The van der Waals surface area contributed by atoms with E-state index in [0.717, 1.165) is 11.4 Å². The lowest BCUT2D eigenvalue weighted by atomic mass is 10.2. The molecule has 0 fully saturated rings. The Bertz CT molecular complexity index is 845. The predicted molar refractivity (Wildman–Crippen MR) is 102 cm³/mol. The molecule has 0 radical (unpaired) electrons. The largest absolute Gasteiger partial charge is 0.301 e. The Morgan fingerprint density at radius 2 is 1.71 bits per heavy atom. The fourth-order valence-electron chi connectivity index (χ4n) is 2.14. The lowest BCUT2D eigenvalue weighted by molar-refractivity contribution is 0.899. The molecule has 0 bridgehead atoms. The standard InChI is InChI=1S/C19H18N2OS2/c1-14-7-9-15(10-8-14)12-24-19-20-16(11-18(22)21-19)13-23-17-5-3-2-4-6-17/h2-11H,12-13H2,1H3,(H,20,21,22). The molecule has 0 unspecified atom stereocenters. The fraction of sp³-hybridized carbons (Fsp3) is 0.158. The van der Waals surface area contributed by atoms with Crippen LogP contribution in [0.15, 0.2) is 75.5 Å². The second-order valence-corrected chi connectivity index (χ2v) is 7.43. The van der Waals surface area contributed by atoms with Crippen molar-refractivity contribution in [3.63, 3.8) is 0 Å². The number of aromatic nitrogens is 2. The zero-order valence-electron chi connectivity index (χ0n) is 13.4. The number of aromatic amines is 1. The first-order valence-corrected chi connectivity index (χ1v) is 9.62. The number of H-pyrrole nitrogens is 1. The van der Waals surface area contributed by atoms with E-state index in [4.69, 9.17) is 0 Å². The van der Waals surface area contributed by atoms with Crippen molar-refractivity contribution in [1.82, 2.24) is 9.97 Å². The molecule has 0 aliphatic rings. The summed E-state index contributed by atoms with van der Waals surface area (Å²) in [4.78, 5) is 20.4. The number of thioether (sulfide) groups is 2. The molecule has 3 rings (SSSR count). The van der Waals surface area contributed by atoms with Gasteiger partial charge >= 0.3 is 0 Å². The maximum absolute atomic E-state index is 11.9. The number of nitrogens with one attached hydrogen (secondary N) is 1. The van der Waals surface area contributed by atoms with Crippen molar-refractivity contribution >= 4 is 23.5 Å². The van der Waals surface area contributed by atoms with Crippen molar-refractivity contribution in [3.8, 4) is 0 Å². The number of nitrogens with zero attached hydrogens (tertiary/aromatic N) is 1. The van der Waals surface area contributed by atoms with Gasteiger partial charge in [-0.15, -0.1) is 11.8 Å². The second-order valence-electron chi connectivity index (χ2n) is 5.42. The summed E-state index contributed by atoms with van der Waals surface area (Å²) in [7, 11) is 0. The zero-order valence-corrected chi connectivity index (χ0v) is 15.0. The molecule has 1 N–H and O–H groups in total. The first-order valence-electron chi connectivity index (χ1n) is 7.65. The predicted octanol–water partition coefficient (Wildman–Crippen LogP) is 4.66. The summed E-state index contributed by atoms with van der Waals surface area (Å²) >= 11 is 3.24. The van der Waals surface area contributed by atoms with Gasteiger partial charge in [0.25, 0.3) is 5.56 Å². The summed E-state index contributed by atoms with van der Waals surface area (Å²) in [6.45, 7) is 2.07. The molecular weight excluding hydrogens is 336 g/mol. The Labute approximate surface area is 149 Å². The van der Waals surface area contributed by atoms with Crippen LogP contribution in [0.4, 0.5) is 0 Å². The average Bonchev–Trinajstić information content (AvgIpc) is 2.60. The molecule has 2 aromatic carbocycles. The minimum atomic E-state index is -0.0972. The van der Waals surface area contributed by atoms with E-state index >= 15 is 0 Å². The number of hydrogen-bond donors (Lipinski definition) is 1. The van der Waals surface area contributed by atoms with E-state index in [1.807, 2.05) is 18.2 Å². The Morgan fingerprint density at radius 3 is 2.46 bits per heavy atom. The van der Waals surface area contributed by atoms with Crippen LogP contribution in [-0.4, -0.2) is 9.97 Å². The van der Waals surface area contributed by atoms with E-state index in [2.05, 4.69) is 53.3 Å². The minimum absolute atomic E-state index is 0.0972. The SMILES string of the molecule is Cc1ccc(CSc2nc(CSc3ccccc3)cc(=O)[nH]2)cc1. The summed E-state index contributed by atoms with van der Waals surface area (Å²) in [6.07, 6.45) is 0. The molecule has 0 saturated heterocycles. The van der Waals surface area contributed by atoms with Crippen LogP contribution in [0.3, 0.4) is 0 Å². The Hall–Kier alpha value is -1.98. The van der Waals surface area contributed by atoms with Gasteiger partial charge in [-0.05, 0) is 24.6 Å². The molecule has 0 aliphatic carbocycles. The molecule has 1 heterocycles. The molecule has 0 saturated carbocycles. The summed E-state index contributed by atoms with van der Waals surface area (Å²) in [5.74, 6) is 1.48. The number of hydrogen-bond acceptors (Lipinski definition) is 4. The molecule has 0 amide bonds. The third-order valence-corrected chi connectivity index (χ3v) is 5.39. The smallest absolute Gasteiger partial charge is 0.251 e. The maximum atomic E-state index is 11.9. The van der Waals surface area contributed by atoms with E-state index in [0.29, 0.717) is 10.9 Å². The topological polar surface area (TPSA) is 45.8 Å². The van der Waals surface area contributed by atoms with Gasteiger partial charge in [0.05, 0.1) is 5.69 Å². The van der Waals surface area contributed by atoms with Crippen molar-refractivity contribution in [3.05, 3.63) is 87.8 Å². The second kappa shape index (κ2) is 8.22. The van der Waals surface area contributed by atoms with Crippen LogP contribution >= 0.6 is 23.5 Å². The first kappa shape index (κ1) is 16.9. The highest BCUT2D eigenvalue weighted by molar-refractivity contribution is 7.98. The quantitative estimate of drug-likeness (QED) is 0.516. The van der Waals surface area contributed by atoms with Gasteiger partial charge in [0, 0.05) is 22.5 Å². The van der Waals surface area contributed by atoms with Gasteiger partial charge in [0.15, 0.2) is 5.16 Å². The lowest BCUT2D eigenvalue weighted by Gasteiger charge is -2.05. The Balaban J connectivity index is 1.65. The Morgan fingerprint density at radius 1 is 0.958 bits per heavy atom. The van der Waals surface area contributed by atoms with Crippen LogP contribution in [0.2, 0.25) is 0 Å². The van der Waals surface area contributed by atoms with Crippen molar-refractivity contribution in [2.24, 2.45) is 0 Å². The van der Waals surface area contributed by atoms with E-state index in [1.54, 1.807) is 29.6 Å². The van der Waals surface area contributed by atoms with Crippen molar-refractivity contribution in [2.45, 2.75) is 28.5 Å². The van der Waals surface area contributed by atoms with Crippen LogP contribution in [0.1, 0.15) is 16.8 Å². The van der Waals surface area contributed by atoms with Crippen molar-refractivity contribution in [2.75, 3.05) is 0 Å². The van der Waals surface area contributed by atoms with Crippen LogP contribution in [0, 0.1) is 6.92 Å². The van der Waals surface area contributed by atoms with E-state index < -0.39 is 0 Å². The van der Waals surface area contributed by atoms with Crippen molar-refractivity contribution < 1.29 is 0 Å². The zero-order chi connectivity index (χ0) is 16.8. The normalized spacial score (nSPS) is 10.7. The lowest BCUT2D eigenvalue weighted by Crippen LogP contribution is -2.09. The molecule has 0 spiro atoms. The first-order chi connectivity index (χ1) is 11.7. The Kier molecular flexibility index (Phi) is 5.77. The summed E-state index contributed by atoms with van der Waals surface area (Å²) in [6, 6.07) is 20.1. The molecule has 3 aromatic rings. The highest BCUT2D eigenvalue weighted by Gasteiger charge is 2.04. The van der Waals surface area contributed by atoms with E-state index in [1.165, 1.54) is 16.0 Å². The van der Waals surface area contributed by atoms with Crippen LogP contribution in [-0.2, 0) is 11.5 Å².